The Morgan fingerprint density at radius 1 is 1.37 bits per heavy atom. The van der Waals surface area contributed by atoms with Gasteiger partial charge >= 0.3 is 0 Å². The molecular weight excluding hydrogens is 318 g/mol. The number of ether oxygens (including phenoxy) is 1. The Morgan fingerprint density at radius 3 is 2.74 bits per heavy atom. The minimum atomic E-state index is -0.569. The first kappa shape index (κ1) is 14.1. The quantitative estimate of drug-likeness (QED) is 0.864. The van der Waals surface area contributed by atoms with Gasteiger partial charge in [0.15, 0.2) is 5.82 Å². The number of fused-ring (bicyclic) bond motifs is 1. The van der Waals surface area contributed by atoms with Gasteiger partial charge in [-0.05, 0) is 35.0 Å². The lowest BCUT2D eigenvalue weighted by molar-refractivity contribution is 0.182. The lowest BCUT2D eigenvalue weighted by atomic mass is 10.1. The number of aromatic nitrogens is 1. The molecule has 0 radical (unpaired) electrons. The van der Waals surface area contributed by atoms with Crippen LogP contribution >= 0.6 is 15.9 Å². The number of nitrogens with one attached hydrogen (secondary N) is 1. The number of methoxy groups -OCH3 is 1. The molecular formula is C13H13BrF2N2O. The van der Waals surface area contributed by atoms with Gasteiger partial charge in [-0.1, -0.05) is 0 Å². The third-order valence-corrected chi connectivity index (χ3v) is 3.22. The molecule has 0 unspecified atom stereocenters. The van der Waals surface area contributed by atoms with Gasteiger partial charge in [-0.25, -0.2) is 13.8 Å². The zero-order chi connectivity index (χ0) is 14.0. The Balaban J connectivity index is 2.78. The minimum absolute atomic E-state index is 0.00574. The molecule has 0 bridgehead atoms. The third-order valence-electron chi connectivity index (χ3n) is 2.64. The average Bonchev–Trinajstić information content (AvgIpc) is 2.36. The van der Waals surface area contributed by atoms with Crippen LogP contribution in [-0.4, -0.2) is 18.6 Å². The average molecular weight is 331 g/mol. The topological polar surface area (TPSA) is 34.1 Å². The molecule has 0 atom stereocenters. The number of halogens is 3. The normalized spacial score (nSPS) is 11.0. The van der Waals surface area contributed by atoms with Crippen LogP contribution in [0.15, 0.2) is 16.6 Å². The Labute approximate surface area is 118 Å². The molecule has 1 aromatic carbocycles. The van der Waals surface area contributed by atoms with Crippen molar-refractivity contribution in [1.29, 1.82) is 0 Å². The lowest BCUT2D eigenvalue weighted by Crippen LogP contribution is -2.04. The highest BCUT2D eigenvalue weighted by Crippen LogP contribution is 2.32. The van der Waals surface area contributed by atoms with E-state index in [1.807, 2.05) is 6.92 Å². The molecule has 3 nitrogen and oxygen atoms in total. The summed E-state index contributed by atoms with van der Waals surface area (Å²) >= 11 is 3.01. The summed E-state index contributed by atoms with van der Waals surface area (Å²) < 4.78 is 33.2. The van der Waals surface area contributed by atoms with Crippen molar-refractivity contribution in [1.82, 2.24) is 4.98 Å². The molecule has 0 fully saturated rings. The van der Waals surface area contributed by atoms with E-state index < -0.39 is 11.6 Å². The number of benzene rings is 1. The van der Waals surface area contributed by atoms with Gasteiger partial charge in [0.2, 0.25) is 0 Å². The summed E-state index contributed by atoms with van der Waals surface area (Å²) in [5, 5.41) is 3.17. The molecule has 6 heteroatoms. The summed E-state index contributed by atoms with van der Waals surface area (Å²) in [7, 11) is 1.53. The summed E-state index contributed by atoms with van der Waals surface area (Å²) in [6.45, 7) is 2.72. The Kier molecular flexibility index (Phi) is 4.31. The van der Waals surface area contributed by atoms with Crippen LogP contribution in [0.25, 0.3) is 10.9 Å². The first-order chi connectivity index (χ1) is 9.08. The van der Waals surface area contributed by atoms with Crippen LogP contribution in [0.2, 0.25) is 0 Å². The van der Waals surface area contributed by atoms with E-state index >= 15 is 0 Å². The van der Waals surface area contributed by atoms with E-state index in [2.05, 4.69) is 26.2 Å². The fourth-order valence-electron chi connectivity index (χ4n) is 1.91. The molecule has 0 aliphatic heterocycles. The molecule has 102 valence electrons. The maximum absolute atomic E-state index is 14.2. The van der Waals surface area contributed by atoms with E-state index in [9.17, 15) is 8.78 Å². The molecule has 0 spiro atoms. The van der Waals surface area contributed by atoms with Gasteiger partial charge in [-0.2, -0.15) is 0 Å². The standard InChI is InChI=1S/C13H13BrF2N2O/c1-3-17-10-4-7(6-19-2)18-13-9(15)5-8(14)12(16)11(10)13/h4-5H,3,6H2,1-2H3,(H,17,18). The van der Waals surface area contributed by atoms with Crippen molar-refractivity contribution >= 4 is 32.5 Å². The molecule has 1 N–H and O–H groups in total. The van der Waals surface area contributed by atoms with Crippen LogP contribution in [0.5, 0.6) is 0 Å². The second kappa shape index (κ2) is 5.79. The van der Waals surface area contributed by atoms with Crippen LogP contribution in [0, 0.1) is 11.6 Å². The monoisotopic (exact) mass is 330 g/mol. The fraction of sp³-hybridized carbons (Fsp3) is 0.308. The second-order valence-corrected chi connectivity index (χ2v) is 4.86. The number of hydrogen-bond donors (Lipinski definition) is 1. The van der Waals surface area contributed by atoms with Crippen molar-refractivity contribution in [3.8, 4) is 0 Å². The Bertz CT molecular complexity index is 619. The first-order valence-electron chi connectivity index (χ1n) is 5.78. The number of hydrogen-bond acceptors (Lipinski definition) is 3. The van der Waals surface area contributed by atoms with Gasteiger partial charge in [0, 0.05) is 19.3 Å². The summed E-state index contributed by atoms with van der Waals surface area (Å²) in [6, 6.07) is 2.75. The zero-order valence-corrected chi connectivity index (χ0v) is 12.1. The van der Waals surface area contributed by atoms with Gasteiger partial charge in [-0.3, -0.25) is 0 Å². The molecule has 2 aromatic rings. The van der Waals surface area contributed by atoms with Gasteiger partial charge in [0.1, 0.15) is 11.3 Å². The van der Waals surface area contributed by atoms with Crippen molar-refractivity contribution in [2.24, 2.45) is 0 Å². The van der Waals surface area contributed by atoms with Gasteiger partial charge in [0.05, 0.1) is 22.2 Å². The highest BCUT2D eigenvalue weighted by molar-refractivity contribution is 9.10. The van der Waals surface area contributed by atoms with Gasteiger partial charge in [-0.15, -0.1) is 0 Å². The highest BCUT2D eigenvalue weighted by Gasteiger charge is 2.16. The molecule has 1 heterocycles. The Morgan fingerprint density at radius 2 is 2.11 bits per heavy atom. The summed E-state index contributed by atoms with van der Waals surface area (Å²) in [5.41, 5.74) is 1.06. The molecule has 19 heavy (non-hydrogen) atoms. The molecule has 2 rings (SSSR count). The summed E-state index contributed by atoms with van der Waals surface area (Å²) in [5.74, 6) is -1.09. The smallest absolute Gasteiger partial charge is 0.150 e. The number of nitrogens with zero attached hydrogens (tertiary/aromatic N) is 1. The van der Waals surface area contributed by atoms with E-state index in [0.717, 1.165) is 6.07 Å². The number of rotatable bonds is 4. The molecule has 0 amide bonds. The van der Waals surface area contributed by atoms with Crippen LogP contribution in [0.3, 0.4) is 0 Å². The number of anilines is 1. The summed E-state index contributed by atoms with van der Waals surface area (Å²) in [4.78, 5) is 4.11. The molecule has 0 saturated heterocycles. The first-order valence-corrected chi connectivity index (χ1v) is 6.57. The van der Waals surface area contributed by atoms with Crippen LogP contribution in [0.1, 0.15) is 12.6 Å². The van der Waals surface area contributed by atoms with E-state index in [-0.39, 0.29) is 22.0 Å². The number of pyridine rings is 1. The zero-order valence-electron chi connectivity index (χ0n) is 10.6. The molecule has 1 aromatic heterocycles. The van der Waals surface area contributed by atoms with Gasteiger partial charge < -0.3 is 10.1 Å². The maximum Gasteiger partial charge on any atom is 0.150 e. The predicted octanol–water partition coefficient (Wildman–Crippen LogP) is 3.85. The third kappa shape index (κ3) is 2.69. The van der Waals surface area contributed by atoms with E-state index in [1.165, 1.54) is 7.11 Å². The molecule has 0 aliphatic rings. The van der Waals surface area contributed by atoms with Crippen molar-refractivity contribution < 1.29 is 13.5 Å². The summed E-state index contributed by atoms with van der Waals surface area (Å²) in [6.07, 6.45) is 0. The van der Waals surface area contributed by atoms with Crippen LogP contribution in [0.4, 0.5) is 14.5 Å². The van der Waals surface area contributed by atoms with E-state index in [4.69, 9.17) is 4.74 Å². The largest absolute Gasteiger partial charge is 0.385 e. The van der Waals surface area contributed by atoms with E-state index in [1.54, 1.807) is 6.07 Å². The van der Waals surface area contributed by atoms with Crippen molar-refractivity contribution in [2.45, 2.75) is 13.5 Å². The fourth-order valence-corrected chi connectivity index (χ4v) is 2.31. The second-order valence-electron chi connectivity index (χ2n) is 4.00. The van der Waals surface area contributed by atoms with Gasteiger partial charge in [0.25, 0.3) is 0 Å². The Hall–Kier alpha value is -1.27. The molecule has 0 aliphatic carbocycles. The van der Waals surface area contributed by atoms with Crippen molar-refractivity contribution in [2.75, 3.05) is 19.0 Å². The maximum atomic E-state index is 14.2. The van der Waals surface area contributed by atoms with Crippen molar-refractivity contribution in [3.05, 3.63) is 33.9 Å². The highest BCUT2D eigenvalue weighted by atomic mass is 79.9. The van der Waals surface area contributed by atoms with E-state index in [0.29, 0.717) is 17.9 Å². The van der Waals surface area contributed by atoms with Crippen molar-refractivity contribution in [3.63, 3.8) is 0 Å². The minimum Gasteiger partial charge on any atom is -0.385 e. The predicted molar refractivity (Wildman–Crippen MR) is 74.2 cm³/mol. The SMILES string of the molecule is CCNc1cc(COC)nc2c(F)cc(Br)c(F)c12. The van der Waals surface area contributed by atoms with Crippen LogP contribution in [-0.2, 0) is 11.3 Å². The van der Waals surface area contributed by atoms with Crippen LogP contribution < -0.4 is 5.32 Å². The molecule has 0 saturated carbocycles. The lowest BCUT2D eigenvalue weighted by Gasteiger charge is -2.12.